The fourth-order valence-electron chi connectivity index (χ4n) is 3.64. The summed E-state index contributed by atoms with van der Waals surface area (Å²) in [6, 6.07) is 17.2. The summed E-state index contributed by atoms with van der Waals surface area (Å²) in [5, 5.41) is 3.58. The van der Waals surface area contributed by atoms with Gasteiger partial charge in [-0.3, -0.25) is 0 Å². The van der Waals surface area contributed by atoms with Gasteiger partial charge in [-0.25, -0.2) is 4.98 Å². The molecule has 0 saturated heterocycles. The summed E-state index contributed by atoms with van der Waals surface area (Å²) in [7, 11) is 0. The third kappa shape index (κ3) is 2.31. The number of hydrogen-bond donors (Lipinski definition) is 0. The highest BCUT2D eigenvalue weighted by Crippen LogP contribution is 2.43. The van der Waals surface area contributed by atoms with Crippen LogP contribution >= 0.6 is 22.7 Å². The van der Waals surface area contributed by atoms with Crippen LogP contribution in [0.2, 0.25) is 0 Å². The van der Waals surface area contributed by atoms with E-state index < -0.39 is 0 Å². The summed E-state index contributed by atoms with van der Waals surface area (Å²) in [4.78, 5) is 9.17. The van der Waals surface area contributed by atoms with E-state index in [9.17, 15) is 0 Å². The van der Waals surface area contributed by atoms with Crippen LogP contribution in [0.5, 0.6) is 0 Å². The number of fused-ring (bicyclic) bond motifs is 3. The molecule has 0 N–H and O–H groups in total. The summed E-state index contributed by atoms with van der Waals surface area (Å²) >= 11 is 3.74. The molecule has 5 rings (SSSR count). The van der Waals surface area contributed by atoms with Gasteiger partial charge in [0.15, 0.2) is 0 Å². The molecule has 0 fully saturated rings. The minimum Gasteiger partial charge on any atom is -0.237 e. The average molecular weight is 348 g/mol. The maximum Gasteiger partial charge on any atom is 0.125 e. The van der Waals surface area contributed by atoms with E-state index in [4.69, 9.17) is 4.98 Å². The molecule has 24 heavy (non-hydrogen) atoms. The van der Waals surface area contributed by atoms with E-state index in [0.717, 1.165) is 5.69 Å². The molecule has 3 heteroatoms. The summed E-state index contributed by atoms with van der Waals surface area (Å²) in [5.41, 5.74) is 5.22. The zero-order valence-electron chi connectivity index (χ0n) is 13.3. The summed E-state index contributed by atoms with van der Waals surface area (Å²) in [6.07, 6.45) is 5.06. The summed E-state index contributed by atoms with van der Waals surface area (Å²) < 4.78 is 0. The molecule has 1 aliphatic rings. The van der Waals surface area contributed by atoms with Crippen molar-refractivity contribution >= 4 is 32.9 Å². The van der Waals surface area contributed by atoms with Gasteiger partial charge in [0.25, 0.3) is 0 Å². The van der Waals surface area contributed by atoms with Crippen LogP contribution in [0.4, 0.5) is 0 Å². The van der Waals surface area contributed by atoms with Crippen LogP contribution < -0.4 is 0 Å². The lowest BCUT2D eigenvalue weighted by Gasteiger charge is -2.12. The van der Waals surface area contributed by atoms with Gasteiger partial charge >= 0.3 is 0 Å². The van der Waals surface area contributed by atoms with E-state index in [1.54, 1.807) is 10.4 Å². The first-order valence-electron chi connectivity index (χ1n) is 8.45. The fraction of sp³-hybridized carbons (Fsp3) is 0.190. The Morgan fingerprint density at radius 2 is 1.79 bits per heavy atom. The van der Waals surface area contributed by atoms with Gasteiger partial charge in [-0.2, -0.15) is 0 Å². The number of nitrogens with zero attached hydrogens (tertiary/aromatic N) is 1. The molecule has 1 nitrogen and oxygen atoms in total. The number of hydrogen-bond acceptors (Lipinski definition) is 3. The molecule has 1 aromatic carbocycles. The highest BCUT2D eigenvalue weighted by atomic mass is 32.1. The van der Waals surface area contributed by atoms with Crippen molar-refractivity contribution in [1.82, 2.24) is 4.98 Å². The lowest BCUT2D eigenvalue weighted by atomic mass is 9.94. The smallest absolute Gasteiger partial charge is 0.125 e. The third-order valence-electron chi connectivity index (χ3n) is 4.78. The maximum atomic E-state index is 5.04. The molecule has 3 aromatic heterocycles. The molecular formula is C21H17NS2. The zero-order valence-corrected chi connectivity index (χ0v) is 14.9. The molecular weight excluding hydrogens is 330 g/mol. The minimum atomic E-state index is 1.09. The van der Waals surface area contributed by atoms with Gasteiger partial charge < -0.3 is 0 Å². The van der Waals surface area contributed by atoms with Crippen LogP contribution in [-0.2, 0) is 12.8 Å². The van der Waals surface area contributed by atoms with E-state index in [-0.39, 0.29) is 0 Å². The molecule has 0 unspecified atom stereocenters. The number of pyridine rings is 1. The SMILES string of the molecule is c1ccc(-c2cc(-c3cccs3)c3c4c(sc3n2)CCCC4)cc1. The highest BCUT2D eigenvalue weighted by Gasteiger charge is 2.21. The predicted octanol–water partition coefficient (Wildman–Crippen LogP) is 6.57. The second-order valence-corrected chi connectivity index (χ2v) is 8.32. The lowest BCUT2D eigenvalue weighted by molar-refractivity contribution is 0.700. The van der Waals surface area contributed by atoms with Gasteiger partial charge in [0.2, 0.25) is 0 Å². The Bertz CT molecular complexity index is 997. The topological polar surface area (TPSA) is 12.9 Å². The fourth-order valence-corrected chi connectivity index (χ4v) is 5.68. The summed E-state index contributed by atoms with van der Waals surface area (Å²) in [6.45, 7) is 0. The molecule has 0 bridgehead atoms. The Kier molecular flexibility index (Phi) is 3.50. The molecule has 118 valence electrons. The van der Waals surface area contributed by atoms with Crippen LogP contribution in [0, 0.1) is 0 Å². The summed E-state index contributed by atoms with van der Waals surface area (Å²) in [5.74, 6) is 0. The van der Waals surface area contributed by atoms with Crippen molar-refractivity contribution in [2.24, 2.45) is 0 Å². The van der Waals surface area contributed by atoms with Crippen molar-refractivity contribution in [1.29, 1.82) is 0 Å². The monoisotopic (exact) mass is 347 g/mol. The van der Waals surface area contributed by atoms with Crippen LogP contribution in [0.15, 0.2) is 53.9 Å². The Hall–Kier alpha value is -1.97. The standard InChI is InChI=1S/C21H17NS2/c1-2-7-14(8-3-1)17-13-16(18-11-6-12-23-18)20-15-9-4-5-10-19(15)24-21(20)22-17/h1-3,6-8,11-13H,4-5,9-10H2. The molecule has 0 radical (unpaired) electrons. The van der Waals surface area contributed by atoms with Crippen molar-refractivity contribution < 1.29 is 0 Å². The predicted molar refractivity (Wildman–Crippen MR) is 105 cm³/mol. The van der Waals surface area contributed by atoms with Crippen molar-refractivity contribution in [3.05, 3.63) is 64.4 Å². The average Bonchev–Trinajstić information content (AvgIpc) is 3.29. The van der Waals surface area contributed by atoms with Gasteiger partial charge in [0.1, 0.15) is 4.83 Å². The number of aryl methyl sites for hydroxylation is 2. The zero-order chi connectivity index (χ0) is 15.9. The van der Waals surface area contributed by atoms with Gasteiger partial charge in [-0.1, -0.05) is 36.4 Å². The first kappa shape index (κ1) is 14.4. The first-order chi connectivity index (χ1) is 11.9. The van der Waals surface area contributed by atoms with Gasteiger partial charge in [0.05, 0.1) is 5.69 Å². The first-order valence-corrected chi connectivity index (χ1v) is 10.1. The Morgan fingerprint density at radius 3 is 2.62 bits per heavy atom. The van der Waals surface area contributed by atoms with Gasteiger partial charge in [0, 0.05) is 26.3 Å². The molecule has 0 spiro atoms. The van der Waals surface area contributed by atoms with Crippen LogP contribution in [-0.4, -0.2) is 4.98 Å². The van der Waals surface area contributed by atoms with E-state index in [0.29, 0.717) is 0 Å². The Morgan fingerprint density at radius 1 is 0.917 bits per heavy atom. The third-order valence-corrected chi connectivity index (χ3v) is 6.87. The lowest BCUT2D eigenvalue weighted by Crippen LogP contribution is -1.98. The van der Waals surface area contributed by atoms with Crippen LogP contribution in [0.25, 0.3) is 31.9 Å². The number of aromatic nitrogens is 1. The second kappa shape index (κ2) is 5.83. The number of rotatable bonds is 2. The minimum absolute atomic E-state index is 1.09. The van der Waals surface area contributed by atoms with Crippen molar-refractivity contribution in [3.8, 4) is 21.7 Å². The Balaban J connectivity index is 1.83. The highest BCUT2D eigenvalue weighted by molar-refractivity contribution is 7.19. The van der Waals surface area contributed by atoms with E-state index in [1.807, 2.05) is 22.7 Å². The molecule has 1 aliphatic carbocycles. The molecule has 3 heterocycles. The molecule has 0 aliphatic heterocycles. The quantitative estimate of drug-likeness (QED) is 0.399. The second-order valence-electron chi connectivity index (χ2n) is 6.29. The molecule has 4 aromatic rings. The number of thiophene rings is 2. The van der Waals surface area contributed by atoms with E-state index in [2.05, 4.69) is 53.9 Å². The number of benzene rings is 1. The van der Waals surface area contributed by atoms with Crippen LogP contribution in [0.1, 0.15) is 23.3 Å². The maximum absolute atomic E-state index is 5.04. The molecule has 0 saturated carbocycles. The van der Waals surface area contributed by atoms with E-state index in [1.165, 1.54) is 51.9 Å². The molecule has 0 atom stereocenters. The normalized spacial score (nSPS) is 14.0. The largest absolute Gasteiger partial charge is 0.237 e. The van der Waals surface area contributed by atoms with Crippen LogP contribution in [0.3, 0.4) is 0 Å². The van der Waals surface area contributed by atoms with Crippen molar-refractivity contribution in [2.75, 3.05) is 0 Å². The Labute approximate surface area is 149 Å². The van der Waals surface area contributed by atoms with Gasteiger partial charge in [-0.15, -0.1) is 22.7 Å². The molecule has 0 amide bonds. The van der Waals surface area contributed by atoms with E-state index >= 15 is 0 Å². The van der Waals surface area contributed by atoms with Crippen molar-refractivity contribution in [3.63, 3.8) is 0 Å². The van der Waals surface area contributed by atoms with Gasteiger partial charge in [-0.05, 0) is 48.8 Å². The van der Waals surface area contributed by atoms with Crippen molar-refractivity contribution in [2.45, 2.75) is 25.7 Å².